The second-order valence-electron chi connectivity index (χ2n) is 5.03. The Hall–Kier alpha value is -3.52. The number of carbonyl (C=O) groups is 1. The van der Waals surface area contributed by atoms with E-state index < -0.39 is 5.97 Å². The average molecular weight is 407 g/mol. The molecule has 0 bridgehead atoms. The van der Waals surface area contributed by atoms with Crippen molar-refractivity contribution in [1.29, 1.82) is 15.8 Å². The minimum atomic E-state index is -0.833. The monoisotopic (exact) mass is 407 g/mol. The third-order valence-corrected chi connectivity index (χ3v) is 5.64. The van der Waals surface area contributed by atoms with Gasteiger partial charge in [-0.1, -0.05) is 29.6 Å². The summed E-state index contributed by atoms with van der Waals surface area (Å²) in [5, 5.41) is 28.3. The Labute approximate surface area is 168 Å². The highest BCUT2D eigenvalue weighted by Gasteiger charge is 2.29. The molecular weight excluding hydrogens is 398 g/mol. The summed E-state index contributed by atoms with van der Waals surface area (Å²) in [5.74, 6) is -0.0537. The maximum absolute atomic E-state index is 12.5. The Kier molecular flexibility index (Phi) is 5.81. The van der Waals surface area contributed by atoms with E-state index in [1.165, 1.54) is 0 Å². The molecule has 8 nitrogen and oxygen atoms in total. The zero-order valence-corrected chi connectivity index (χ0v) is 15.9. The number of hydrogen-bond acceptors (Lipinski definition) is 10. The fourth-order valence-electron chi connectivity index (χ4n) is 2.12. The van der Waals surface area contributed by atoms with Gasteiger partial charge in [0.1, 0.15) is 39.8 Å². The Bertz CT molecular complexity index is 1080. The van der Waals surface area contributed by atoms with Gasteiger partial charge < -0.3 is 9.47 Å². The number of thioether (sulfide) groups is 2. The summed E-state index contributed by atoms with van der Waals surface area (Å²) in [6.07, 6.45) is 0. The number of nitriles is 3. The minimum absolute atomic E-state index is 0.107. The highest BCUT2D eigenvalue weighted by molar-refractivity contribution is 8.24. The third-order valence-electron chi connectivity index (χ3n) is 3.27. The molecule has 0 atom stereocenters. The molecule has 0 radical (unpaired) electrons. The number of aromatic nitrogens is 2. The summed E-state index contributed by atoms with van der Waals surface area (Å²) in [6, 6.07) is 12.0. The normalized spacial score (nSPS) is 11.6. The summed E-state index contributed by atoms with van der Waals surface area (Å²) >= 11 is 2.06. The topological polar surface area (TPSA) is 133 Å². The van der Waals surface area contributed by atoms with E-state index >= 15 is 0 Å². The third kappa shape index (κ3) is 3.91. The smallest absolute Gasteiger partial charge is 0.356 e. The van der Waals surface area contributed by atoms with Crippen molar-refractivity contribution in [3.8, 4) is 29.7 Å². The number of hydrogen-bond donors (Lipinski definition) is 0. The van der Waals surface area contributed by atoms with Gasteiger partial charge in [-0.15, -0.1) is 0 Å². The van der Waals surface area contributed by atoms with Gasteiger partial charge in [0.2, 0.25) is 0 Å². The molecule has 2 heterocycles. The van der Waals surface area contributed by atoms with Crippen molar-refractivity contribution in [2.45, 2.75) is 17.0 Å². The molecule has 3 rings (SSSR count). The SMILES string of the molecule is CCOc1cccc(OC(=O)C(C#N)=C2Sc3nc(C#N)c(C#N)nc3S2)c1. The van der Waals surface area contributed by atoms with Crippen molar-refractivity contribution >= 4 is 29.5 Å². The molecule has 0 fully saturated rings. The standard InChI is InChI=1S/C18H9N5O3S2/c1-2-25-10-4-3-5-11(6-10)26-17(24)12(7-19)18-27-15-16(28-18)23-14(9-21)13(8-20)22-15/h3-6H,2H2,1H3. The molecular formula is C18H9N5O3S2. The first-order valence-corrected chi connectivity index (χ1v) is 9.40. The van der Waals surface area contributed by atoms with Crippen molar-refractivity contribution in [3.05, 3.63) is 45.5 Å². The van der Waals surface area contributed by atoms with Crippen molar-refractivity contribution in [2.24, 2.45) is 0 Å². The lowest BCUT2D eigenvalue weighted by molar-refractivity contribution is -0.129. The highest BCUT2D eigenvalue weighted by atomic mass is 32.2. The van der Waals surface area contributed by atoms with Crippen LogP contribution < -0.4 is 9.47 Å². The van der Waals surface area contributed by atoms with Crippen LogP contribution in [0.4, 0.5) is 0 Å². The van der Waals surface area contributed by atoms with Gasteiger partial charge in [0.25, 0.3) is 0 Å². The summed E-state index contributed by atoms with van der Waals surface area (Å²) in [5.41, 5.74) is -0.428. The summed E-state index contributed by atoms with van der Waals surface area (Å²) in [4.78, 5) is 20.6. The number of nitrogens with zero attached hydrogens (tertiary/aromatic N) is 5. The molecule has 0 aliphatic carbocycles. The van der Waals surface area contributed by atoms with Gasteiger partial charge in [0, 0.05) is 6.07 Å². The van der Waals surface area contributed by atoms with Crippen LogP contribution in [0.1, 0.15) is 18.3 Å². The zero-order chi connectivity index (χ0) is 20.1. The Balaban J connectivity index is 1.87. The van der Waals surface area contributed by atoms with Crippen molar-refractivity contribution in [2.75, 3.05) is 6.61 Å². The average Bonchev–Trinajstić information content (AvgIpc) is 3.10. The largest absolute Gasteiger partial charge is 0.494 e. The van der Waals surface area contributed by atoms with E-state index in [4.69, 9.17) is 20.0 Å². The first-order chi connectivity index (χ1) is 13.6. The lowest BCUT2D eigenvalue weighted by Gasteiger charge is -2.07. The molecule has 0 spiro atoms. The zero-order valence-electron chi connectivity index (χ0n) is 14.3. The molecule has 2 aromatic rings. The van der Waals surface area contributed by atoms with E-state index in [9.17, 15) is 10.1 Å². The van der Waals surface area contributed by atoms with Crippen LogP contribution in [0.5, 0.6) is 11.5 Å². The van der Waals surface area contributed by atoms with Gasteiger partial charge in [-0.05, 0) is 19.1 Å². The van der Waals surface area contributed by atoms with Crippen LogP contribution >= 0.6 is 23.5 Å². The summed E-state index contributed by atoms with van der Waals surface area (Å²) in [6.45, 7) is 2.30. The number of benzene rings is 1. The lowest BCUT2D eigenvalue weighted by atomic mass is 10.3. The molecule has 136 valence electrons. The first-order valence-electron chi connectivity index (χ1n) is 7.77. The summed E-state index contributed by atoms with van der Waals surface area (Å²) in [7, 11) is 0. The number of fused-ring (bicyclic) bond motifs is 1. The van der Waals surface area contributed by atoms with Gasteiger partial charge in [0.15, 0.2) is 17.0 Å². The van der Waals surface area contributed by atoms with Crippen molar-refractivity contribution in [1.82, 2.24) is 9.97 Å². The molecule has 1 aromatic heterocycles. The van der Waals surface area contributed by atoms with Crippen LogP contribution in [0.3, 0.4) is 0 Å². The molecule has 0 saturated heterocycles. The number of esters is 1. The van der Waals surface area contributed by atoms with Gasteiger partial charge >= 0.3 is 5.97 Å². The fourth-order valence-corrected chi connectivity index (χ4v) is 4.36. The second kappa shape index (κ2) is 8.45. The van der Waals surface area contributed by atoms with Gasteiger partial charge in [0.05, 0.1) is 10.8 Å². The van der Waals surface area contributed by atoms with Gasteiger partial charge in [-0.25, -0.2) is 14.8 Å². The second-order valence-corrected chi connectivity index (χ2v) is 7.29. The van der Waals surface area contributed by atoms with E-state index in [0.29, 0.717) is 26.6 Å². The Morgan fingerprint density at radius 2 is 1.68 bits per heavy atom. The van der Waals surface area contributed by atoms with Crippen molar-refractivity contribution in [3.63, 3.8) is 0 Å². The van der Waals surface area contributed by atoms with Crippen LogP contribution in [-0.4, -0.2) is 22.5 Å². The van der Waals surface area contributed by atoms with Crippen LogP contribution in [0.2, 0.25) is 0 Å². The van der Waals surface area contributed by atoms with Gasteiger partial charge in [-0.3, -0.25) is 0 Å². The Morgan fingerprint density at radius 1 is 1.07 bits per heavy atom. The molecule has 0 N–H and O–H groups in total. The molecule has 10 heteroatoms. The quantitative estimate of drug-likeness (QED) is 0.322. The fraction of sp³-hybridized carbons (Fsp3) is 0.111. The van der Waals surface area contributed by atoms with Crippen LogP contribution in [0, 0.1) is 34.0 Å². The predicted octanol–water partition coefficient (Wildman–Crippen LogP) is 3.16. The first kappa shape index (κ1) is 19.2. The number of carbonyl (C=O) groups excluding carboxylic acids is 1. The van der Waals surface area contributed by atoms with E-state index in [0.717, 1.165) is 23.5 Å². The molecule has 28 heavy (non-hydrogen) atoms. The number of rotatable bonds is 4. The van der Waals surface area contributed by atoms with E-state index in [2.05, 4.69) is 9.97 Å². The highest BCUT2D eigenvalue weighted by Crippen LogP contribution is 2.50. The van der Waals surface area contributed by atoms with Crippen LogP contribution in [0.25, 0.3) is 0 Å². The molecule has 1 aliphatic rings. The van der Waals surface area contributed by atoms with E-state index in [1.54, 1.807) is 36.4 Å². The van der Waals surface area contributed by atoms with Crippen LogP contribution in [-0.2, 0) is 4.79 Å². The molecule has 0 saturated carbocycles. The van der Waals surface area contributed by atoms with E-state index in [1.807, 2.05) is 13.0 Å². The number of ether oxygens (including phenoxy) is 2. The van der Waals surface area contributed by atoms with Gasteiger partial charge in [-0.2, -0.15) is 15.8 Å². The maximum Gasteiger partial charge on any atom is 0.356 e. The molecule has 0 amide bonds. The van der Waals surface area contributed by atoms with Crippen LogP contribution in [0.15, 0.2) is 44.1 Å². The lowest BCUT2D eigenvalue weighted by Crippen LogP contribution is -2.11. The minimum Gasteiger partial charge on any atom is -0.494 e. The molecule has 0 unspecified atom stereocenters. The molecule has 1 aliphatic heterocycles. The predicted molar refractivity (Wildman–Crippen MR) is 99.1 cm³/mol. The maximum atomic E-state index is 12.5. The summed E-state index contributed by atoms with van der Waals surface area (Å²) < 4.78 is 11.0. The molecule has 1 aromatic carbocycles. The van der Waals surface area contributed by atoms with E-state index in [-0.39, 0.29) is 22.7 Å². The Morgan fingerprint density at radius 3 is 2.21 bits per heavy atom. The van der Waals surface area contributed by atoms with Crippen molar-refractivity contribution < 1.29 is 14.3 Å².